The molecule has 1 spiro atoms. The highest BCUT2D eigenvalue weighted by molar-refractivity contribution is 5.28. The van der Waals surface area contributed by atoms with Gasteiger partial charge in [-0.1, -0.05) is 48.5 Å². The predicted octanol–water partition coefficient (Wildman–Crippen LogP) is 1.49. The monoisotopic (exact) mass is 899 g/mol. The third kappa shape index (κ3) is 6.80. The molecule has 4 aliphatic heterocycles. The van der Waals surface area contributed by atoms with Crippen LogP contribution in [0.4, 0.5) is 0 Å². The van der Waals surface area contributed by atoms with Gasteiger partial charge in [-0.25, -0.2) is 0 Å². The highest BCUT2D eigenvalue weighted by Gasteiger charge is 2.80. The maximum atomic E-state index is 12.2. The Labute approximate surface area is 371 Å². The van der Waals surface area contributed by atoms with Gasteiger partial charge in [0.2, 0.25) is 0 Å². The lowest BCUT2D eigenvalue weighted by Crippen LogP contribution is -2.74. The second-order valence-corrected chi connectivity index (χ2v) is 23.8. The summed E-state index contributed by atoms with van der Waals surface area (Å²) in [4.78, 5) is 0. The van der Waals surface area contributed by atoms with Crippen LogP contribution in [0, 0.1) is 50.2 Å². The molecule has 4 heterocycles. The number of hydrogen-bond donors (Lipinski definition) is 9. The molecule has 0 amide bonds. The van der Waals surface area contributed by atoms with Gasteiger partial charge in [0.25, 0.3) is 0 Å². The molecule has 0 aromatic carbocycles. The third-order valence-corrected chi connectivity index (χ3v) is 20.1. The summed E-state index contributed by atoms with van der Waals surface area (Å²) in [6.45, 7) is 18.0. The van der Waals surface area contributed by atoms with Crippen molar-refractivity contribution in [3.05, 3.63) is 0 Å². The van der Waals surface area contributed by atoms with E-state index < -0.39 is 92.6 Å². The van der Waals surface area contributed by atoms with E-state index in [1.807, 2.05) is 0 Å². The molecular formula is C47H78O16. The van der Waals surface area contributed by atoms with Gasteiger partial charge in [-0.15, -0.1) is 0 Å². The van der Waals surface area contributed by atoms with Crippen LogP contribution in [0.5, 0.6) is 0 Å². The highest BCUT2D eigenvalue weighted by Crippen LogP contribution is 2.80. The largest absolute Gasteiger partial charge is 0.394 e. The number of aliphatic hydroxyl groups is 9. The Bertz CT molecular complexity index is 1680. The van der Waals surface area contributed by atoms with Crippen LogP contribution in [0.2, 0.25) is 0 Å². The highest BCUT2D eigenvalue weighted by atomic mass is 16.8. The molecule has 362 valence electrons. The van der Waals surface area contributed by atoms with Crippen molar-refractivity contribution < 1.29 is 79.1 Å². The Morgan fingerprint density at radius 3 is 2.02 bits per heavy atom. The molecule has 9 rings (SSSR count). The van der Waals surface area contributed by atoms with E-state index in [9.17, 15) is 46.0 Å². The van der Waals surface area contributed by atoms with Crippen LogP contribution in [-0.2, 0) is 33.2 Å². The lowest BCUT2D eigenvalue weighted by atomic mass is 9.30. The number of rotatable bonds is 7. The second-order valence-electron chi connectivity index (χ2n) is 23.8. The molecule has 63 heavy (non-hydrogen) atoms. The molecule has 0 aromatic heterocycles. The van der Waals surface area contributed by atoms with Crippen LogP contribution in [0.3, 0.4) is 0 Å². The first-order valence-corrected chi connectivity index (χ1v) is 24.0. The SMILES string of the molecule is C[C@@H]1O[C@@H](O[C@H]2[C@H](O[C@H]3CO[C@@H](O[C@H]4CC[C@]5(C)[C@H]6CC[C@]78OC[C@@]9(CCC(C)(C)C[C@H]97)[C@H](O)C[C@@]8(C)[C@]6(C)CC[C@H]5C4(C)C)[C@H](O)[C@H]3O)O[C@H](CO)[C@H](O)[C@@H]2O)[C@H](O)[C@H](O)[C@H]1O. The lowest BCUT2D eigenvalue weighted by Gasteiger charge is -2.75. The zero-order valence-corrected chi connectivity index (χ0v) is 38.5. The molecule has 5 aliphatic carbocycles. The van der Waals surface area contributed by atoms with Crippen LogP contribution in [0.1, 0.15) is 120 Å². The molecule has 16 heteroatoms. The Balaban J connectivity index is 0.879. The van der Waals surface area contributed by atoms with Gasteiger partial charge in [-0.3, -0.25) is 0 Å². The van der Waals surface area contributed by atoms with E-state index in [1.54, 1.807) is 0 Å². The van der Waals surface area contributed by atoms with Gasteiger partial charge in [-0.2, -0.15) is 0 Å². The summed E-state index contributed by atoms with van der Waals surface area (Å²) in [5.74, 6) is 1.08. The summed E-state index contributed by atoms with van der Waals surface area (Å²) in [6, 6.07) is 0. The van der Waals surface area contributed by atoms with Gasteiger partial charge in [0, 0.05) is 10.8 Å². The first-order chi connectivity index (χ1) is 29.4. The molecule has 9 fully saturated rings. The fraction of sp³-hybridized carbons (Fsp3) is 1.00. The summed E-state index contributed by atoms with van der Waals surface area (Å²) in [5.41, 5.74) is -0.693. The molecule has 0 radical (unpaired) electrons. The Kier molecular flexibility index (Phi) is 12.0. The molecule has 4 saturated heterocycles. The Morgan fingerprint density at radius 1 is 0.603 bits per heavy atom. The van der Waals surface area contributed by atoms with E-state index in [-0.39, 0.29) is 56.9 Å². The van der Waals surface area contributed by atoms with E-state index >= 15 is 0 Å². The van der Waals surface area contributed by atoms with Crippen molar-refractivity contribution in [2.24, 2.45) is 50.2 Å². The summed E-state index contributed by atoms with van der Waals surface area (Å²) < 4.78 is 43.2. The predicted molar refractivity (Wildman–Crippen MR) is 222 cm³/mol. The molecule has 24 atom stereocenters. The molecular weight excluding hydrogens is 821 g/mol. The first-order valence-electron chi connectivity index (χ1n) is 24.0. The van der Waals surface area contributed by atoms with Crippen LogP contribution in [0.15, 0.2) is 0 Å². The maximum absolute atomic E-state index is 12.2. The third-order valence-electron chi connectivity index (χ3n) is 20.1. The van der Waals surface area contributed by atoms with E-state index in [1.165, 1.54) is 6.92 Å². The summed E-state index contributed by atoms with van der Waals surface area (Å²) in [6.07, 6.45) is -11.6. The average molecular weight is 899 g/mol. The van der Waals surface area contributed by atoms with E-state index in [0.717, 1.165) is 64.2 Å². The Hall–Kier alpha value is -0.640. The standard InChI is InChI=1S/C47H78O16/c1-22-30(50)33(53)36(56)39(59-22)63-37-34(54)31(51)23(19-48)60-40(37)61-24-20-57-38(35(55)32(24)52)62-29-11-12-43(6)25(42(29,4)5)9-13-44(7)26(43)10-14-47-27-17-41(2,3)15-16-46(27,21-58-47)28(49)18-45(44,47)8/h22-40,48-56H,9-21H2,1-8H3/t22-,23+,24-,25-,26+,27+,28+,29-,30-,31-,32-,33+,34-,35+,36+,37+,38-,39-,40-,43-,44+,45-,46+,47-/m0/s1. The maximum Gasteiger partial charge on any atom is 0.187 e. The number of ether oxygens (including phenoxy) is 7. The van der Waals surface area contributed by atoms with Crippen molar-refractivity contribution in [3.63, 3.8) is 0 Å². The number of hydrogen-bond acceptors (Lipinski definition) is 16. The minimum Gasteiger partial charge on any atom is -0.394 e. The quantitative estimate of drug-likeness (QED) is 0.164. The van der Waals surface area contributed by atoms with Gasteiger partial charge >= 0.3 is 0 Å². The molecule has 9 N–H and O–H groups in total. The van der Waals surface area contributed by atoms with Crippen LogP contribution in [-0.4, -0.2) is 170 Å². The van der Waals surface area contributed by atoms with Gasteiger partial charge < -0.3 is 79.1 Å². The minimum absolute atomic E-state index is 0.00673. The fourth-order valence-electron chi connectivity index (χ4n) is 16.2. The van der Waals surface area contributed by atoms with Gasteiger partial charge in [0.05, 0.1) is 43.7 Å². The van der Waals surface area contributed by atoms with Gasteiger partial charge in [-0.05, 0) is 111 Å². The molecule has 0 unspecified atom stereocenters. The van der Waals surface area contributed by atoms with Gasteiger partial charge in [0.15, 0.2) is 18.9 Å². The Morgan fingerprint density at radius 2 is 1.30 bits per heavy atom. The molecule has 16 nitrogen and oxygen atoms in total. The van der Waals surface area contributed by atoms with Gasteiger partial charge in [0.1, 0.15) is 61.0 Å². The van der Waals surface area contributed by atoms with Crippen molar-refractivity contribution in [1.29, 1.82) is 0 Å². The molecule has 5 saturated carbocycles. The van der Waals surface area contributed by atoms with Crippen molar-refractivity contribution in [2.75, 3.05) is 19.8 Å². The van der Waals surface area contributed by atoms with Crippen molar-refractivity contribution in [2.45, 2.75) is 223 Å². The summed E-state index contributed by atoms with van der Waals surface area (Å²) in [7, 11) is 0. The van der Waals surface area contributed by atoms with E-state index in [2.05, 4.69) is 48.5 Å². The second kappa shape index (κ2) is 16.0. The van der Waals surface area contributed by atoms with Crippen molar-refractivity contribution in [1.82, 2.24) is 0 Å². The summed E-state index contributed by atoms with van der Waals surface area (Å²) >= 11 is 0. The molecule has 9 aliphatic rings. The zero-order chi connectivity index (χ0) is 45.6. The molecule has 0 aromatic rings. The van der Waals surface area contributed by atoms with Crippen molar-refractivity contribution in [3.8, 4) is 0 Å². The smallest absolute Gasteiger partial charge is 0.187 e. The minimum atomic E-state index is -1.75. The number of fused-ring (bicyclic) bond motifs is 4. The first kappa shape index (κ1) is 47.4. The number of aliphatic hydroxyl groups excluding tert-OH is 9. The average Bonchev–Trinajstić information content (AvgIpc) is 3.50. The lowest BCUT2D eigenvalue weighted by molar-refractivity contribution is -0.382. The van der Waals surface area contributed by atoms with Crippen LogP contribution < -0.4 is 0 Å². The molecule has 2 bridgehead atoms. The van der Waals surface area contributed by atoms with Crippen molar-refractivity contribution >= 4 is 0 Å². The van der Waals surface area contributed by atoms with Crippen LogP contribution >= 0.6 is 0 Å². The fourth-order valence-corrected chi connectivity index (χ4v) is 16.2. The van der Waals surface area contributed by atoms with Crippen LogP contribution in [0.25, 0.3) is 0 Å². The van der Waals surface area contributed by atoms with E-state index in [0.29, 0.717) is 24.4 Å². The normalized spacial score (nSPS) is 58.5. The topological polar surface area (TPSA) is 247 Å². The zero-order valence-electron chi connectivity index (χ0n) is 38.5. The van der Waals surface area contributed by atoms with E-state index in [4.69, 9.17) is 33.2 Å². The summed E-state index contributed by atoms with van der Waals surface area (Å²) in [5, 5.41) is 98.1.